The third kappa shape index (κ3) is 2.50. The summed E-state index contributed by atoms with van der Waals surface area (Å²) in [4.78, 5) is 10.4. The Morgan fingerprint density at radius 3 is 2.23 bits per heavy atom. The van der Waals surface area contributed by atoms with Gasteiger partial charge in [0, 0.05) is 0 Å². The average Bonchev–Trinajstić information content (AvgIpc) is 1.98. The largest absolute Gasteiger partial charge is 0.481 e. The van der Waals surface area contributed by atoms with Crippen LogP contribution in [0.25, 0.3) is 0 Å². The molecule has 0 aliphatic rings. The molecule has 3 nitrogen and oxygen atoms in total. The monoisotopic (exact) mass is 219 g/mol. The lowest BCUT2D eigenvalue weighted by Gasteiger charge is -2.03. The second-order valence-corrected chi connectivity index (χ2v) is 3.36. The van der Waals surface area contributed by atoms with Crippen molar-refractivity contribution >= 4 is 34.9 Å². The summed E-state index contributed by atoms with van der Waals surface area (Å²) >= 11 is 11.4. The number of anilines is 1. The minimum atomic E-state index is -0.933. The van der Waals surface area contributed by atoms with Crippen molar-refractivity contribution in [1.29, 1.82) is 0 Å². The van der Waals surface area contributed by atoms with Crippen molar-refractivity contribution < 1.29 is 9.90 Å². The zero-order chi connectivity index (χ0) is 10.0. The summed E-state index contributed by atoms with van der Waals surface area (Å²) in [5.41, 5.74) is 6.28. The Bertz CT molecular complexity index is 329. The van der Waals surface area contributed by atoms with E-state index in [2.05, 4.69) is 0 Å². The molecule has 1 aromatic rings. The number of nitrogens with two attached hydrogens (primary N) is 1. The molecule has 0 atom stereocenters. The number of aliphatic carboxylic acids is 1. The highest BCUT2D eigenvalue weighted by Gasteiger charge is 2.07. The normalized spacial score (nSPS) is 10.0. The molecule has 0 heterocycles. The van der Waals surface area contributed by atoms with Gasteiger partial charge in [0.1, 0.15) is 0 Å². The van der Waals surface area contributed by atoms with Crippen molar-refractivity contribution in [3.05, 3.63) is 27.7 Å². The average molecular weight is 220 g/mol. The van der Waals surface area contributed by atoms with E-state index in [0.29, 0.717) is 5.56 Å². The molecule has 0 saturated carbocycles. The van der Waals surface area contributed by atoms with Crippen LogP contribution in [0.4, 0.5) is 5.69 Å². The number of hydrogen-bond donors (Lipinski definition) is 2. The van der Waals surface area contributed by atoms with E-state index in [0.717, 1.165) is 0 Å². The maximum absolute atomic E-state index is 10.4. The fourth-order valence-corrected chi connectivity index (χ4v) is 1.45. The summed E-state index contributed by atoms with van der Waals surface area (Å²) in [5, 5.41) is 9.06. The Morgan fingerprint density at radius 2 is 1.85 bits per heavy atom. The first-order valence-corrected chi connectivity index (χ1v) is 4.21. The summed E-state index contributed by atoms with van der Waals surface area (Å²) in [6, 6.07) is 2.99. The molecule has 0 aliphatic heterocycles. The van der Waals surface area contributed by atoms with Crippen LogP contribution in [0.5, 0.6) is 0 Å². The highest BCUT2D eigenvalue weighted by atomic mass is 35.5. The number of carboxylic acid groups (broad SMARTS) is 1. The second kappa shape index (κ2) is 3.85. The van der Waals surface area contributed by atoms with Gasteiger partial charge in [0.2, 0.25) is 0 Å². The summed E-state index contributed by atoms with van der Waals surface area (Å²) < 4.78 is 0. The molecule has 0 aromatic heterocycles. The summed E-state index contributed by atoms with van der Waals surface area (Å²) in [5.74, 6) is -0.933. The lowest BCUT2D eigenvalue weighted by atomic mass is 10.1. The van der Waals surface area contributed by atoms with Crippen LogP contribution < -0.4 is 5.73 Å². The summed E-state index contributed by atoms with van der Waals surface area (Å²) in [7, 11) is 0. The van der Waals surface area contributed by atoms with Gasteiger partial charge in [-0.2, -0.15) is 0 Å². The number of carbonyl (C=O) groups is 1. The molecular formula is C8H7Cl2NO2. The van der Waals surface area contributed by atoms with Crippen molar-refractivity contribution in [3.63, 3.8) is 0 Å². The van der Waals surface area contributed by atoms with Crippen molar-refractivity contribution in [2.24, 2.45) is 0 Å². The van der Waals surface area contributed by atoms with Crippen LogP contribution in [0.3, 0.4) is 0 Å². The Hall–Kier alpha value is -0.930. The third-order valence-electron chi connectivity index (χ3n) is 1.49. The fourth-order valence-electron chi connectivity index (χ4n) is 0.913. The molecule has 3 N–H and O–H groups in total. The number of carboxylic acids is 1. The van der Waals surface area contributed by atoms with E-state index in [9.17, 15) is 4.79 Å². The molecule has 0 amide bonds. The van der Waals surface area contributed by atoms with Gasteiger partial charge in [0.25, 0.3) is 0 Å². The van der Waals surface area contributed by atoms with Gasteiger partial charge in [0.05, 0.1) is 22.2 Å². The topological polar surface area (TPSA) is 63.3 Å². The van der Waals surface area contributed by atoms with Gasteiger partial charge >= 0.3 is 5.97 Å². The lowest BCUT2D eigenvalue weighted by Crippen LogP contribution is -2.00. The van der Waals surface area contributed by atoms with Crippen LogP contribution >= 0.6 is 23.2 Å². The molecule has 0 spiro atoms. The van der Waals surface area contributed by atoms with E-state index >= 15 is 0 Å². The van der Waals surface area contributed by atoms with Crippen LogP contribution in [-0.2, 0) is 11.2 Å². The molecule has 0 saturated heterocycles. The standard InChI is InChI=1S/C8H7Cl2NO2/c9-5-1-4(3-7(12)13)2-6(10)8(5)11/h1-2H,3,11H2,(H,12,13). The molecule has 0 bridgehead atoms. The van der Waals surface area contributed by atoms with Gasteiger partial charge in [-0.15, -0.1) is 0 Å². The first-order valence-electron chi connectivity index (χ1n) is 3.46. The third-order valence-corrected chi connectivity index (χ3v) is 2.12. The predicted molar refractivity (Wildman–Crippen MR) is 52.2 cm³/mol. The molecule has 0 aliphatic carbocycles. The first kappa shape index (κ1) is 10.2. The number of rotatable bonds is 2. The van der Waals surface area contributed by atoms with Gasteiger partial charge in [-0.05, 0) is 17.7 Å². The molecule has 0 fully saturated rings. The number of hydrogen-bond acceptors (Lipinski definition) is 2. The second-order valence-electron chi connectivity index (χ2n) is 2.54. The Balaban J connectivity index is 3.06. The highest BCUT2D eigenvalue weighted by molar-refractivity contribution is 6.38. The first-order chi connectivity index (χ1) is 6.00. The summed E-state index contributed by atoms with van der Waals surface area (Å²) in [6.07, 6.45) is -0.111. The van der Waals surface area contributed by atoms with Crippen molar-refractivity contribution in [1.82, 2.24) is 0 Å². The fraction of sp³-hybridized carbons (Fsp3) is 0.125. The van der Waals surface area contributed by atoms with E-state index in [4.69, 9.17) is 34.0 Å². The Labute approximate surface area is 85.1 Å². The van der Waals surface area contributed by atoms with E-state index in [1.165, 1.54) is 12.1 Å². The minimum Gasteiger partial charge on any atom is -0.481 e. The van der Waals surface area contributed by atoms with Crippen LogP contribution in [0.2, 0.25) is 10.0 Å². The SMILES string of the molecule is Nc1c(Cl)cc(CC(=O)O)cc1Cl. The summed E-state index contributed by atoms with van der Waals surface area (Å²) in [6.45, 7) is 0. The van der Waals surface area contributed by atoms with Crippen LogP contribution in [0.1, 0.15) is 5.56 Å². The molecule has 0 radical (unpaired) electrons. The molecule has 13 heavy (non-hydrogen) atoms. The Kier molecular flexibility index (Phi) is 3.01. The maximum atomic E-state index is 10.4. The maximum Gasteiger partial charge on any atom is 0.307 e. The van der Waals surface area contributed by atoms with E-state index in [-0.39, 0.29) is 22.2 Å². The lowest BCUT2D eigenvalue weighted by molar-refractivity contribution is -0.136. The van der Waals surface area contributed by atoms with E-state index in [1.807, 2.05) is 0 Å². The van der Waals surface area contributed by atoms with Gasteiger partial charge in [0.15, 0.2) is 0 Å². The molecular weight excluding hydrogens is 213 g/mol. The van der Waals surface area contributed by atoms with Crippen LogP contribution in [0.15, 0.2) is 12.1 Å². The number of nitrogen functional groups attached to an aromatic ring is 1. The predicted octanol–water partition coefficient (Wildman–Crippen LogP) is 2.20. The molecule has 70 valence electrons. The quantitative estimate of drug-likeness (QED) is 0.751. The van der Waals surface area contributed by atoms with E-state index < -0.39 is 5.97 Å². The van der Waals surface area contributed by atoms with Crippen molar-refractivity contribution in [3.8, 4) is 0 Å². The highest BCUT2D eigenvalue weighted by Crippen LogP contribution is 2.28. The zero-order valence-electron chi connectivity index (χ0n) is 6.55. The van der Waals surface area contributed by atoms with Crippen LogP contribution in [-0.4, -0.2) is 11.1 Å². The minimum absolute atomic E-state index is 0.111. The van der Waals surface area contributed by atoms with Gasteiger partial charge < -0.3 is 10.8 Å². The van der Waals surface area contributed by atoms with Gasteiger partial charge in [-0.1, -0.05) is 23.2 Å². The molecule has 1 aromatic carbocycles. The van der Waals surface area contributed by atoms with Crippen LogP contribution in [0, 0.1) is 0 Å². The van der Waals surface area contributed by atoms with Crippen molar-refractivity contribution in [2.45, 2.75) is 6.42 Å². The van der Waals surface area contributed by atoms with Crippen molar-refractivity contribution in [2.75, 3.05) is 5.73 Å². The van der Waals surface area contributed by atoms with E-state index in [1.54, 1.807) is 0 Å². The Morgan fingerprint density at radius 1 is 1.38 bits per heavy atom. The van der Waals surface area contributed by atoms with Gasteiger partial charge in [-0.3, -0.25) is 4.79 Å². The molecule has 5 heteroatoms. The molecule has 1 rings (SSSR count). The smallest absolute Gasteiger partial charge is 0.307 e. The number of benzene rings is 1. The van der Waals surface area contributed by atoms with Gasteiger partial charge in [-0.25, -0.2) is 0 Å². The number of halogens is 2. The molecule has 0 unspecified atom stereocenters. The zero-order valence-corrected chi connectivity index (χ0v) is 8.06.